The third kappa shape index (κ3) is 3.73. The Balaban J connectivity index is 1.35. The van der Waals surface area contributed by atoms with Crippen LogP contribution in [0, 0.1) is 0 Å². The molecule has 1 unspecified atom stereocenters. The van der Waals surface area contributed by atoms with Gasteiger partial charge in [-0.2, -0.15) is 16.9 Å². The smallest absolute Gasteiger partial charge is 0.277 e. The fourth-order valence-corrected chi connectivity index (χ4v) is 5.89. The molecule has 0 spiro atoms. The normalized spacial score (nSPS) is 19.3. The van der Waals surface area contributed by atoms with E-state index in [0.717, 1.165) is 41.4 Å². The van der Waals surface area contributed by atoms with E-state index in [2.05, 4.69) is 5.10 Å². The maximum atomic E-state index is 13.8. The number of benzene rings is 2. The molecular formula is C25H25N5O4S. The molecule has 0 radical (unpaired) electrons. The van der Waals surface area contributed by atoms with E-state index < -0.39 is 12.1 Å². The molecule has 3 N–H and O–H groups in total. The molecule has 1 aromatic heterocycles. The number of carbonyl (C=O) groups is 2. The van der Waals surface area contributed by atoms with Crippen molar-refractivity contribution < 1.29 is 19.4 Å². The number of hydrogen-bond donors (Lipinski definition) is 2. The molecule has 2 amide bonds. The van der Waals surface area contributed by atoms with Gasteiger partial charge in [0.1, 0.15) is 17.7 Å². The number of fused-ring (bicyclic) bond motifs is 2. The zero-order valence-electron chi connectivity index (χ0n) is 19.0. The molecule has 4 heterocycles. The number of primary amides is 1. The molecule has 3 aromatic rings. The fraction of sp³-hybridized carbons (Fsp3) is 0.320. The molecule has 3 aliphatic heterocycles. The van der Waals surface area contributed by atoms with E-state index >= 15 is 0 Å². The number of ether oxygens (including phenoxy) is 1. The van der Waals surface area contributed by atoms with Crippen LogP contribution in [-0.4, -0.2) is 64.1 Å². The first-order valence-electron chi connectivity index (χ1n) is 11.6. The number of nitrogens with two attached hydrogens (primary N) is 1. The van der Waals surface area contributed by atoms with Gasteiger partial charge in [0.05, 0.1) is 12.3 Å². The Kier molecular flexibility index (Phi) is 5.42. The monoisotopic (exact) mass is 491 g/mol. The highest BCUT2D eigenvalue weighted by Crippen LogP contribution is 2.33. The van der Waals surface area contributed by atoms with Gasteiger partial charge in [-0.05, 0) is 54.4 Å². The van der Waals surface area contributed by atoms with Gasteiger partial charge in [0.2, 0.25) is 0 Å². The number of thioether (sulfide) groups is 1. The lowest BCUT2D eigenvalue weighted by molar-refractivity contribution is 0.0972. The minimum Gasteiger partial charge on any atom is -0.493 e. The van der Waals surface area contributed by atoms with Crippen molar-refractivity contribution in [3.63, 3.8) is 0 Å². The van der Waals surface area contributed by atoms with Crippen LogP contribution >= 0.6 is 11.8 Å². The number of aromatic nitrogens is 2. The molecule has 1 fully saturated rings. The quantitative estimate of drug-likeness (QED) is 0.574. The second kappa shape index (κ2) is 8.62. The Bertz CT molecular complexity index is 1320. The van der Waals surface area contributed by atoms with E-state index in [4.69, 9.17) is 10.5 Å². The molecule has 1 saturated heterocycles. The Morgan fingerprint density at radius 3 is 2.63 bits per heavy atom. The summed E-state index contributed by atoms with van der Waals surface area (Å²) in [5, 5.41) is 14.8. The number of amides is 2. The Hall–Kier alpha value is -3.50. The summed E-state index contributed by atoms with van der Waals surface area (Å²) in [6, 6.07) is 13.3. The topological polar surface area (TPSA) is 114 Å². The van der Waals surface area contributed by atoms with E-state index in [0.29, 0.717) is 42.3 Å². The number of anilines is 2. The first-order chi connectivity index (χ1) is 17.0. The minimum atomic E-state index is -0.645. The summed E-state index contributed by atoms with van der Waals surface area (Å²) in [7, 11) is 0. The molecule has 0 aliphatic carbocycles. The van der Waals surface area contributed by atoms with Gasteiger partial charge in [-0.15, -0.1) is 0 Å². The summed E-state index contributed by atoms with van der Waals surface area (Å²) < 4.78 is 7.14. The van der Waals surface area contributed by atoms with Gasteiger partial charge in [0, 0.05) is 48.0 Å². The Labute approximate surface area is 206 Å². The van der Waals surface area contributed by atoms with E-state index in [1.54, 1.807) is 21.3 Å². The summed E-state index contributed by atoms with van der Waals surface area (Å²) in [4.78, 5) is 29.6. The molecule has 6 rings (SSSR count). The number of nitrogens with zero attached hydrogens (tertiary/aromatic N) is 4. The average Bonchev–Trinajstić information content (AvgIpc) is 3.50. The first-order valence-corrected chi connectivity index (χ1v) is 12.8. The molecule has 10 heteroatoms. The van der Waals surface area contributed by atoms with Crippen LogP contribution in [0.25, 0.3) is 5.69 Å². The molecule has 1 atom stereocenters. The Morgan fingerprint density at radius 2 is 1.86 bits per heavy atom. The molecule has 0 bridgehead atoms. The highest BCUT2D eigenvalue weighted by atomic mass is 32.2. The van der Waals surface area contributed by atoms with Crippen LogP contribution in [-0.2, 0) is 12.8 Å². The van der Waals surface area contributed by atoms with Gasteiger partial charge >= 0.3 is 0 Å². The van der Waals surface area contributed by atoms with Crippen LogP contribution in [0.15, 0.2) is 42.5 Å². The Morgan fingerprint density at radius 1 is 1.09 bits per heavy atom. The van der Waals surface area contributed by atoms with Crippen molar-refractivity contribution in [2.75, 3.05) is 41.0 Å². The van der Waals surface area contributed by atoms with Crippen LogP contribution in [0.3, 0.4) is 0 Å². The van der Waals surface area contributed by atoms with Crippen molar-refractivity contribution in [1.82, 2.24) is 9.78 Å². The first kappa shape index (κ1) is 22.0. The highest BCUT2D eigenvalue weighted by Gasteiger charge is 2.35. The van der Waals surface area contributed by atoms with Gasteiger partial charge in [0.15, 0.2) is 5.69 Å². The van der Waals surface area contributed by atoms with Gasteiger partial charge in [-0.3, -0.25) is 9.59 Å². The predicted molar refractivity (Wildman–Crippen MR) is 134 cm³/mol. The van der Waals surface area contributed by atoms with Crippen LogP contribution < -0.4 is 20.3 Å². The van der Waals surface area contributed by atoms with Crippen molar-refractivity contribution in [3.8, 4) is 11.4 Å². The van der Waals surface area contributed by atoms with E-state index in [1.165, 1.54) is 0 Å². The number of aliphatic hydroxyl groups is 1. The van der Waals surface area contributed by atoms with Crippen molar-refractivity contribution in [2.24, 2.45) is 5.73 Å². The largest absolute Gasteiger partial charge is 0.493 e. The highest BCUT2D eigenvalue weighted by molar-refractivity contribution is 7.99. The van der Waals surface area contributed by atoms with Crippen molar-refractivity contribution in [3.05, 3.63) is 65.0 Å². The molecule has 0 saturated carbocycles. The van der Waals surface area contributed by atoms with Gasteiger partial charge in [-0.25, -0.2) is 4.68 Å². The summed E-state index contributed by atoms with van der Waals surface area (Å²) in [5.74, 6) is 1.59. The van der Waals surface area contributed by atoms with Gasteiger partial charge in [-0.1, -0.05) is 0 Å². The lowest BCUT2D eigenvalue weighted by Gasteiger charge is -2.34. The molecule has 2 aromatic carbocycles. The second-order valence-corrected chi connectivity index (χ2v) is 9.96. The molecule has 35 heavy (non-hydrogen) atoms. The number of carbonyl (C=O) groups excluding carboxylic acids is 2. The van der Waals surface area contributed by atoms with Crippen LogP contribution in [0.2, 0.25) is 0 Å². The minimum absolute atomic E-state index is 0.136. The lowest BCUT2D eigenvalue weighted by atomic mass is 10.0. The second-order valence-electron chi connectivity index (χ2n) is 8.81. The van der Waals surface area contributed by atoms with Gasteiger partial charge in [0.25, 0.3) is 11.8 Å². The third-order valence-corrected chi connectivity index (χ3v) is 7.77. The molecular weight excluding hydrogens is 466 g/mol. The summed E-state index contributed by atoms with van der Waals surface area (Å²) >= 11 is 1.74. The van der Waals surface area contributed by atoms with Crippen molar-refractivity contribution >= 4 is 35.0 Å². The zero-order chi connectivity index (χ0) is 24.1. The predicted octanol–water partition coefficient (Wildman–Crippen LogP) is 1.98. The van der Waals surface area contributed by atoms with Crippen LogP contribution in [0.4, 0.5) is 11.4 Å². The standard InChI is InChI=1S/C25H25N5O4S/c26-24(32)22-19-7-9-29(17-3-1-16(2-4-17)28-10-12-35-14-21(28)31)25(33)23(19)30(27-22)18-5-6-20-15(13-18)8-11-34-20/h1-6,13,21,31H,7-12,14H2,(H2,26,32). The number of aliphatic hydroxyl groups excluding tert-OH is 1. The average molecular weight is 492 g/mol. The van der Waals surface area contributed by atoms with E-state index in [1.807, 2.05) is 47.4 Å². The van der Waals surface area contributed by atoms with Crippen LogP contribution in [0.5, 0.6) is 5.75 Å². The molecule has 180 valence electrons. The number of hydrogen-bond acceptors (Lipinski definition) is 7. The van der Waals surface area contributed by atoms with E-state index in [-0.39, 0.29) is 11.6 Å². The SMILES string of the molecule is NC(=O)c1nn(-c2ccc3c(c2)CCO3)c2c1CCN(c1ccc(N3CCSCC3O)cc1)C2=O. The van der Waals surface area contributed by atoms with Crippen molar-refractivity contribution in [2.45, 2.75) is 19.1 Å². The molecule has 9 nitrogen and oxygen atoms in total. The van der Waals surface area contributed by atoms with Gasteiger partial charge < -0.3 is 25.4 Å². The fourth-order valence-electron chi connectivity index (χ4n) is 5.01. The maximum Gasteiger partial charge on any atom is 0.277 e. The summed E-state index contributed by atoms with van der Waals surface area (Å²) in [6.07, 6.45) is 0.738. The van der Waals surface area contributed by atoms with E-state index in [9.17, 15) is 14.7 Å². The zero-order valence-corrected chi connectivity index (χ0v) is 19.8. The molecule has 3 aliphatic rings. The van der Waals surface area contributed by atoms with Crippen molar-refractivity contribution in [1.29, 1.82) is 0 Å². The number of rotatable bonds is 4. The van der Waals surface area contributed by atoms with Crippen LogP contribution in [0.1, 0.15) is 32.1 Å². The lowest BCUT2D eigenvalue weighted by Crippen LogP contribution is -2.42. The third-order valence-electron chi connectivity index (χ3n) is 6.76. The summed E-state index contributed by atoms with van der Waals surface area (Å²) in [6.45, 7) is 1.81. The maximum absolute atomic E-state index is 13.8. The summed E-state index contributed by atoms with van der Waals surface area (Å²) in [5.41, 5.74) is 10.1.